The fourth-order valence-electron chi connectivity index (χ4n) is 2.20. The maximum absolute atomic E-state index is 14.0. The normalized spacial score (nSPS) is 16.6. The van der Waals surface area contributed by atoms with Crippen LogP contribution in [0.1, 0.15) is 12.5 Å². The highest BCUT2D eigenvalue weighted by Gasteiger charge is 2.50. The van der Waals surface area contributed by atoms with E-state index in [4.69, 9.17) is 5.73 Å². The first-order valence-corrected chi connectivity index (χ1v) is 6.15. The molecule has 0 spiro atoms. The molecule has 0 radical (unpaired) electrons. The quantitative estimate of drug-likeness (QED) is 0.676. The average Bonchev–Trinajstić information content (AvgIpc) is 2.43. The number of rotatable bonds is 3. The monoisotopic (exact) mass is 298 g/mol. The van der Waals surface area contributed by atoms with Gasteiger partial charge in [0, 0.05) is 0 Å². The van der Waals surface area contributed by atoms with Gasteiger partial charge in [-0.15, -0.1) is 0 Å². The summed E-state index contributed by atoms with van der Waals surface area (Å²) in [4.78, 5) is 0.220. The molecule has 2 N–H and O–H groups in total. The lowest BCUT2D eigenvalue weighted by molar-refractivity contribution is -0.195. The molecule has 0 unspecified atom stereocenters. The fraction of sp³-hybridized carbons (Fsp3) is 0.200. The Balaban J connectivity index is 2.66. The van der Waals surface area contributed by atoms with Crippen molar-refractivity contribution in [1.29, 1.82) is 0 Å². The Morgan fingerprint density at radius 3 is 2.29 bits per heavy atom. The smallest absolute Gasteiger partial charge is 0.390 e. The molecule has 1 heterocycles. The van der Waals surface area contributed by atoms with E-state index in [0.717, 1.165) is 0 Å². The van der Waals surface area contributed by atoms with Crippen molar-refractivity contribution >= 4 is 5.70 Å². The molecule has 0 atom stereocenters. The molecule has 2 rings (SSSR count). The van der Waals surface area contributed by atoms with E-state index in [-0.39, 0.29) is 22.0 Å². The molecule has 6 heteroatoms. The van der Waals surface area contributed by atoms with Crippen LogP contribution >= 0.6 is 0 Å². The molecule has 112 valence electrons. The van der Waals surface area contributed by atoms with Crippen LogP contribution in [0.4, 0.5) is 17.6 Å². The molecule has 0 fully saturated rings. The van der Waals surface area contributed by atoms with Crippen LogP contribution in [0, 0.1) is 0 Å². The maximum Gasteiger partial charge on any atom is 0.390 e. The lowest BCUT2D eigenvalue weighted by Crippen LogP contribution is -2.47. The van der Waals surface area contributed by atoms with E-state index in [1.54, 1.807) is 30.3 Å². The molecular weight excluding hydrogens is 284 g/mol. The summed E-state index contributed by atoms with van der Waals surface area (Å²) in [6, 6.07) is 3.71. The topological polar surface area (TPSA) is 29.3 Å². The number of hydrogen-bond donors (Lipinski definition) is 1. The van der Waals surface area contributed by atoms with Crippen LogP contribution in [0.15, 0.2) is 60.0 Å². The van der Waals surface area contributed by atoms with Crippen LogP contribution in [0.2, 0.25) is 0 Å². The molecular formula is C15H14F4N2. The largest absolute Gasteiger partial charge is 0.397 e. The van der Waals surface area contributed by atoms with Crippen molar-refractivity contribution < 1.29 is 17.6 Å². The van der Waals surface area contributed by atoms with Gasteiger partial charge in [-0.2, -0.15) is 8.78 Å². The lowest BCUT2D eigenvalue weighted by Gasteiger charge is -2.38. The Kier molecular flexibility index (Phi) is 3.80. The summed E-state index contributed by atoms with van der Waals surface area (Å²) < 4.78 is 53.5. The van der Waals surface area contributed by atoms with Gasteiger partial charge in [-0.05, 0) is 24.1 Å². The van der Waals surface area contributed by atoms with Gasteiger partial charge in [-0.25, -0.2) is 8.78 Å². The van der Waals surface area contributed by atoms with Gasteiger partial charge < -0.3 is 5.73 Å². The third-order valence-electron chi connectivity index (χ3n) is 3.18. The molecule has 0 aliphatic carbocycles. The van der Waals surface area contributed by atoms with Crippen LogP contribution < -0.4 is 5.73 Å². The Bertz CT molecular complexity index is 618. The maximum atomic E-state index is 14.0. The predicted molar refractivity (Wildman–Crippen MR) is 73.2 cm³/mol. The number of allylic oxidation sites excluding steroid dienone is 2. The highest BCUT2D eigenvalue weighted by Crippen LogP contribution is 2.42. The minimum absolute atomic E-state index is 0.0277. The van der Waals surface area contributed by atoms with Gasteiger partial charge in [0.2, 0.25) is 0 Å². The molecule has 0 bridgehead atoms. The molecule has 0 amide bonds. The zero-order valence-corrected chi connectivity index (χ0v) is 11.3. The molecule has 1 aromatic carbocycles. The van der Waals surface area contributed by atoms with E-state index in [2.05, 4.69) is 6.58 Å². The van der Waals surface area contributed by atoms with Crippen molar-refractivity contribution in [3.63, 3.8) is 0 Å². The Labute approximate surface area is 119 Å². The van der Waals surface area contributed by atoms with Crippen LogP contribution in [0.25, 0.3) is 5.70 Å². The van der Waals surface area contributed by atoms with Crippen molar-refractivity contribution in [2.45, 2.75) is 19.4 Å². The molecule has 1 aliphatic heterocycles. The number of hydrogen-bond acceptors (Lipinski definition) is 2. The van der Waals surface area contributed by atoms with Crippen molar-refractivity contribution in [1.82, 2.24) is 4.90 Å². The summed E-state index contributed by atoms with van der Waals surface area (Å²) in [7, 11) is 0. The summed E-state index contributed by atoms with van der Waals surface area (Å²) in [5.41, 5.74) is 5.93. The Morgan fingerprint density at radius 2 is 1.76 bits per heavy atom. The van der Waals surface area contributed by atoms with Crippen LogP contribution in [-0.2, 0) is 0 Å². The number of halogens is 4. The zero-order valence-electron chi connectivity index (χ0n) is 11.3. The van der Waals surface area contributed by atoms with E-state index in [1.807, 2.05) is 0 Å². The van der Waals surface area contributed by atoms with Crippen molar-refractivity contribution in [2.75, 3.05) is 0 Å². The van der Waals surface area contributed by atoms with Gasteiger partial charge >= 0.3 is 12.5 Å². The SMILES string of the molecule is C=C1C(N)=CC(C)=C(c2ccccc2)N1C(F)(F)C(F)F. The first-order chi connectivity index (χ1) is 9.76. The van der Waals surface area contributed by atoms with Crippen molar-refractivity contribution in [3.05, 3.63) is 65.5 Å². The third kappa shape index (κ3) is 2.53. The van der Waals surface area contributed by atoms with Crippen molar-refractivity contribution in [2.24, 2.45) is 5.73 Å². The van der Waals surface area contributed by atoms with Crippen molar-refractivity contribution in [3.8, 4) is 0 Å². The summed E-state index contributed by atoms with van der Waals surface area (Å²) in [5.74, 6) is 0. The number of nitrogens with two attached hydrogens (primary N) is 1. The third-order valence-corrected chi connectivity index (χ3v) is 3.18. The van der Waals surface area contributed by atoms with Gasteiger partial charge in [-0.1, -0.05) is 36.9 Å². The highest BCUT2D eigenvalue weighted by atomic mass is 19.3. The molecule has 0 aromatic heterocycles. The van der Waals surface area contributed by atoms with E-state index in [9.17, 15) is 17.6 Å². The predicted octanol–water partition coefficient (Wildman–Crippen LogP) is 3.95. The minimum atomic E-state index is -4.40. The Hall–Kier alpha value is -2.24. The lowest BCUT2D eigenvalue weighted by atomic mass is 9.99. The van der Waals surface area contributed by atoms with Crippen LogP contribution in [0.5, 0.6) is 0 Å². The highest BCUT2D eigenvalue weighted by molar-refractivity contribution is 5.74. The molecule has 1 aromatic rings. The fourth-order valence-corrected chi connectivity index (χ4v) is 2.20. The minimum Gasteiger partial charge on any atom is -0.397 e. The van der Waals surface area contributed by atoms with Gasteiger partial charge in [-0.3, -0.25) is 4.90 Å². The van der Waals surface area contributed by atoms with Gasteiger partial charge in [0.05, 0.1) is 17.1 Å². The Morgan fingerprint density at radius 1 is 1.19 bits per heavy atom. The number of nitrogens with zero attached hydrogens (tertiary/aromatic N) is 1. The second-order valence-electron chi connectivity index (χ2n) is 4.67. The summed E-state index contributed by atoms with van der Waals surface area (Å²) >= 11 is 0. The van der Waals surface area contributed by atoms with E-state index >= 15 is 0 Å². The summed E-state index contributed by atoms with van der Waals surface area (Å²) in [6.45, 7) is 4.96. The zero-order chi connectivity index (χ0) is 15.8. The first-order valence-electron chi connectivity index (χ1n) is 6.15. The van der Waals surface area contributed by atoms with Gasteiger partial charge in [0.15, 0.2) is 0 Å². The van der Waals surface area contributed by atoms with Crippen LogP contribution in [0.3, 0.4) is 0 Å². The standard InChI is InChI=1S/C15H14F4N2/c1-9-8-12(20)10(2)21(15(18,19)14(16)17)13(9)11-6-4-3-5-7-11/h3-8,14H,2,20H2,1H3. The number of benzene rings is 1. The van der Waals surface area contributed by atoms with E-state index in [0.29, 0.717) is 11.1 Å². The molecule has 2 nitrogen and oxygen atoms in total. The molecule has 0 saturated heterocycles. The number of alkyl halides is 4. The van der Waals surface area contributed by atoms with Crippen LogP contribution in [-0.4, -0.2) is 17.4 Å². The van der Waals surface area contributed by atoms with Gasteiger partial charge in [0.1, 0.15) is 0 Å². The molecule has 0 saturated carbocycles. The average molecular weight is 298 g/mol. The second-order valence-corrected chi connectivity index (χ2v) is 4.67. The van der Waals surface area contributed by atoms with E-state index in [1.165, 1.54) is 13.0 Å². The van der Waals surface area contributed by atoms with Gasteiger partial charge in [0.25, 0.3) is 0 Å². The first kappa shape index (κ1) is 15.2. The second kappa shape index (κ2) is 5.27. The molecule has 1 aliphatic rings. The summed E-state index contributed by atoms with van der Waals surface area (Å²) in [6.07, 6.45) is -2.42. The summed E-state index contributed by atoms with van der Waals surface area (Å²) in [5, 5.41) is 0. The molecule has 21 heavy (non-hydrogen) atoms. The van der Waals surface area contributed by atoms with E-state index < -0.39 is 12.5 Å².